The highest BCUT2D eigenvalue weighted by Crippen LogP contribution is 2.26. The second kappa shape index (κ2) is 4.52. The topological polar surface area (TPSA) is 63.1 Å². The van der Waals surface area contributed by atoms with E-state index in [1.54, 1.807) is 26.0 Å². The molecule has 0 unspecified atom stereocenters. The Labute approximate surface area is 103 Å². The Morgan fingerprint density at radius 1 is 1.33 bits per heavy atom. The number of rotatable bonds is 2. The molecule has 0 aliphatic heterocycles. The average molecular weight is 246 g/mol. The van der Waals surface area contributed by atoms with Crippen LogP contribution >= 0.6 is 0 Å². The van der Waals surface area contributed by atoms with Crippen LogP contribution in [0.3, 0.4) is 0 Å². The fourth-order valence-electron chi connectivity index (χ4n) is 1.79. The molecule has 0 aliphatic carbocycles. The molecular formula is C13H11FN2O2. The van der Waals surface area contributed by atoms with Gasteiger partial charge in [-0.2, -0.15) is 4.39 Å². The van der Waals surface area contributed by atoms with Crippen molar-refractivity contribution < 1.29 is 14.3 Å². The summed E-state index contributed by atoms with van der Waals surface area (Å²) in [4.78, 5) is 18.4. The quantitative estimate of drug-likeness (QED) is 0.827. The molecule has 0 amide bonds. The van der Waals surface area contributed by atoms with E-state index < -0.39 is 11.9 Å². The van der Waals surface area contributed by atoms with E-state index in [0.29, 0.717) is 22.4 Å². The summed E-state index contributed by atoms with van der Waals surface area (Å²) in [6.45, 7) is 3.41. The van der Waals surface area contributed by atoms with Gasteiger partial charge in [0.25, 0.3) is 0 Å². The maximum absolute atomic E-state index is 13.7. The Balaban J connectivity index is 2.68. The van der Waals surface area contributed by atoms with Gasteiger partial charge in [-0.15, -0.1) is 0 Å². The zero-order valence-electron chi connectivity index (χ0n) is 9.94. The third-order valence-electron chi connectivity index (χ3n) is 2.57. The first-order valence-corrected chi connectivity index (χ1v) is 5.32. The van der Waals surface area contributed by atoms with Gasteiger partial charge in [0, 0.05) is 17.5 Å². The van der Waals surface area contributed by atoms with E-state index in [9.17, 15) is 9.18 Å². The van der Waals surface area contributed by atoms with E-state index in [2.05, 4.69) is 9.97 Å². The second-order valence-electron chi connectivity index (χ2n) is 3.98. The van der Waals surface area contributed by atoms with Gasteiger partial charge in [-0.05, 0) is 43.2 Å². The predicted octanol–water partition coefficient (Wildman–Crippen LogP) is 2.60. The maximum atomic E-state index is 13.7. The molecule has 2 heterocycles. The van der Waals surface area contributed by atoms with Crippen LogP contribution in [0, 0.1) is 19.8 Å². The van der Waals surface area contributed by atoms with Crippen LogP contribution in [0.5, 0.6) is 0 Å². The molecule has 2 aromatic heterocycles. The summed E-state index contributed by atoms with van der Waals surface area (Å²) < 4.78 is 13.7. The van der Waals surface area contributed by atoms with Crippen molar-refractivity contribution in [2.75, 3.05) is 0 Å². The van der Waals surface area contributed by atoms with E-state index >= 15 is 0 Å². The van der Waals surface area contributed by atoms with Gasteiger partial charge in [0.1, 0.15) is 5.69 Å². The lowest BCUT2D eigenvalue weighted by Gasteiger charge is -2.08. The average Bonchev–Trinajstić information content (AvgIpc) is 2.28. The minimum atomic E-state index is -1.14. The SMILES string of the molecule is Cc1cc(-c2c(C)ccnc2F)cc(C(=O)O)n1. The zero-order chi connectivity index (χ0) is 13.3. The number of carboxylic acid groups (broad SMARTS) is 1. The zero-order valence-corrected chi connectivity index (χ0v) is 9.94. The largest absolute Gasteiger partial charge is 0.477 e. The number of aryl methyl sites for hydroxylation is 2. The van der Waals surface area contributed by atoms with Crippen molar-refractivity contribution >= 4 is 5.97 Å². The van der Waals surface area contributed by atoms with E-state index in [-0.39, 0.29) is 5.69 Å². The first-order chi connectivity index (χ1) is 8.49. The lowest BCUT2D eigenvalue weighted by molar-refractivity contribution is 0.0690. The molecule has 0 saturated heterocycles. The fraction of sp³-hybridized carbons (Fsp3) is 0.154. The molecule has 0 spiro atoms. The lowest BCUT2D eigenvalue weighted by Crippen LogP contribution is -2.03. The molecule has 5 heteroatoms. The Morgan fingerprint density at radius 2 is 2.06 bits per heavy atom. The molecule has 0 saturated carbocycles. The van der Waals surface area contributed by atoms with Gasteiger partial charge in [-0.3, -0.25) is 0 Å². The highest BCUT2D eigenvalue weighted by Gasteiger charge is 2.13. The normalized spacial score (nSPS) is 10.4. The van der Waals surface area contributed by atoms with Crippen LogP contribution in [-0.4, -0.2) is 21.0 Å². The summed E-state index contributed by atoms with van der Waals surface area (Å²) in [5.74, 6) is -1.75. The molecule has 0 radical (unpaired) electrons. The number of aromatic nitrogens is 2. The molecule has 1 N–H and O–H groups in total. The predicted molar refractivity (Wildman–Crippen MR) is 63.9 cm³/mol. The van der Waals surface area contributed by atoms with Crippen molar-refractivity contribution in [1.82, 2.24) is 9.97 Å². The number of carbonyl (C=O) groups is 1. The summed E-state index contributed by atoms with van der Waals surface area (Å²) in [6, 6.07) is 4.66. The van der Waals surface area contributed by atoms with Crippen LogP contribution in [0.1, 0.15) is 21.7 Å². The smallest absolute Gasteiger partial charge is 0.354 e. The van der Waals surface area contributed by atoms with E-state index in [1.165, 1.54) is 12.3 Å². The molecule has 2 aromatic rings. The molecule has 0 atom stereocenters. The van der Waals surface area contributed by atoms with Gasteiger partial charge in [-0.1, -0.05) is 0 Å². The fourth-order valence-corrected chi connectivity index (χ4v) is 1.79. The first-order valence-electron chi connectivity index (χ1n) is 5.32. The van der Waals surface area contributed by atoms with Crippen LogP contribution in [0.25, 0.3) is 11.1 Å². The summed E-state index contributed by atoms with van der Waals surface area (Å²) in [5.41, 5.74) is 1.90. The number of hydrogen-bond acceptors (Lipinski definition) is 3. The minimum absolute atomic E-state index is 0.104. The lowest BCUT2D eigenvalue weighted by atomic mass is 10.0. The molecule has 4 nitrogen and oxygen atoms in total. The van der Waals surface area contributed by atoms with Crippen molar-refractivity contribution in [2.45, 2.75) is 13.8 Å². The number of aromatic carboxylic acids is 1. The molecule has 2 rings (SSSR count). The molecule has 18 heavy (non-hydrogen) atoms. The van der Waals surface area contributed by atoms with Gasteiger partial charge in [0.15, 0.2) is 0 Å². The van der Waals surface area contributed by atoms with Crippen molar-refractivity contribution in [1.29, 1.82) is 0 Å². The molecule has 0 bridgehead atoms. The summed E-state index contributed by atoms with van der Waals surface area (Å²) in [7, 11) is 0. The highest BCUT2D eigenvalue weighted by molar-refractivity contribution is 5.87. The molecule has 0 aromatic carbocycles. The standard InChI is InChI=1S/C13H11FN2O2/c1-7-3-4-15-12(14)11(7)9-5-8(2)16-10(6-9)13(17)18/h3-6H,1-2H3,(H,17,18). The number of halogens is 1. The number of nitrogens with zero attached hydrogens (tertiary/aromatic N) is 2. The van der Waals surface area contributed by atoms with Crippen molar-refractivity contribution in [2.24, 2.45) is 0 Å². The molecule has 0 fully saturated rings. The Kier molecular flexibility index (Phi) is 3.06. The molecule has 0 aliphatic rings. The van der Waals surface area contributed by atoms with E-state index in [4.69, 9.17) is 5.11 Å². The van der Waals surface area contributed by atoms with Gasteiger partial charge in [-0.25, -0.2) is 14.8 Å². The van der Waals surface area contributed by atoms with Gasteiger partial charge < -0.3 is 5.11 Å². The Bertz CT molecular complexity index is 606. The summed E-state index contributed by atoms with van der Waals surface area (Å²) in [6.07, 6.45) is 1.38. The first kappa shape index (κ1) is 12.2. The van der Waals surface area contributed by atoms with Gasteiger partial charge in [0.05, 0.1) is 0 Å². The molecular weight excluding hydrogens is 235 g/mol. The maximum Gasteiger partial charge on any atom is 0.354 e. The Morgan fingerprint density at radius 3 is 2.67 bits per heavy atom. The van der Waals surface area contributed by atoms with Gasteiger partial charge >= 0.3 is 5.97 Å². The monoisotopic (exact) mass is 246 g/mol. The third kappa shape index (κ3) is 2.20. The summed E-state index contributed by atoms with van der Waals surface area (Å²) >= 11 is 0. The van der Waals surface area contributed by atoms with Crippen molar-refractivity contribution in [3.63, 3.8) is 0 Å². The Hall–Kier alpha value is -2.30. The van der Waals surface area contributed by atoms with Crippen LogP contribution in [0.2, 0.25) is 0 Å². The van der Waals surface area contributed by atoms with Crippen LogP contribution in [0.4, 0.5) is 4.39 Å². The minimum Gasteiger partial charge on any atom is -0.477 e. The van der Waals surface area contributed by atoms with Crippen LogP contribution in [-0.2, 0) is 0 Å². The second-order valence-corrected chi connectivity index (χ2v) is 3.98. The van der Waals surface area contributed by atoms with Crippen LogP contribution in [0.15, 0.2) is 24.4 Å². The van der Waals surface area contributed by atoms with Crippen molar-refractivity contribution in [3.8, 4) is 11.1 Å². The van der Waals surface area contributed by atoms with Gasteiger partial charge in [0.2, 0.25) is 5.95 Å². The number of pyridine rings is 2. The van der Waals surface area contributed by atoms with E-state index in [0.717, 1.165) is 0 Å². The summed E-state index contributed by atoms with van der Waals surface area (Å²) in [5, 5.41) is 8.95. The number of hydrogen-bond donors (Lipinski definition) is 1. The highest BCUT2D eigenvalue weighted by atomic mass is 19.1. The van der Waals surface area contributed by atoms with Crippen LogP contribution < -0.4 is 0 Å². The van der Waals surface area contributed by atoms with E-state index in [1.807, 2.05) is 0 Å². The third-order valence-corrected chi connectivity index (χ3v) is 2.57. The number of carboxylic acids is 1. The van der Waals surface area contributed by atoms with Crippen molar-refractivity contribution in [3.05, 3.63) is 47.3 Å². The molecule has 92 valence electrons.